The van der Waals surface area contributed by atoms with E-state index in [9.17, 15) is 4.79 Å². The van der Waals surface area contributed by atoms with Gasteiger partial charge in [-0.05, 0) is 41.3 Å². The largest absolute Gasteiger partial charge is 0.315 e. The van der Waals surface area contributed by atoms with Crippen LogP contribution < -0.4 is 5.32 Å². The molecule has 5 nitrogen and oxygen atoms in total. The molecule has 224 valence electrons. The van der Waals surface area contributed by atoms with Crippen LogP contribution in [-0.2, 0) is 12.1 Å². The third-order valence-electron chi connectivity index (χ3n) is 8.24. The fraction of sp³-hybridized carbons (Fsp3) is 0.132. The molecule has 2 heterocycles. The summed E-state index contributed by atoms with van der Waals surface area (Å²) in [6.45, 7) is 2.37. The summed E-state index contributed by atoms with van der Waals surface area (Å²) < 4.78 is 18.3. The maximum absolute atomic E-state index is 16.1. The zero-order valence-corrected chi connectivity index (χ0v) is 25.5. The first-order valence-corrected chi connectivity index (χ1v) is 15.3. The van der Waals surface area contributed by atoms with Crippen molar-refractivity contribution in [2.75, 3.05) is 0 Å². The number of ketones is 1. The summed E-state index contributed by atoms with van der Waals surface area (Å²) in [7, 11) is 0. The zero-order chi connectivity index (χ0) is 31.2. The Morgan fingerprint density at radius 2 is 1.42 bits per heavy atom. The van der Waals surface area contributed by atoms with E-state index in [1.54, 1.807) is 30.5 Å². The van der Waals surface area contributed by atoms with Gasteiger partial charge in [0.15, 0.2) is 5.78 Å². The Labute approximate surface area is 267 Å². The van der Waals surface area contributed by atoms with Crippen LogP contribution in [0.3, 0.4) is 0 Å². The molecule has 0 aliphatic rings. The van der Waals surface area contributed by atoms with Crippen molar-refractivity contribution in [3.05, 3.63) is 190 Å². The molecular formula is C38H32ClFN4O. The van der Waals surface area contributed by atoms with Gasteiger partial charge in [0.2, 0.25) is 0 Å². The van der Waals surface area contributed by atoms with Crippen molar-refractivity contribution in [2.24, 2.45) is 0 Å². The van der Waals surface area contributed by atoms with Gasteiger partial charge in [-0.15, -0.1) is 0 Å². The fourth-order valence-corrected chi connectivity index (χ4v) is 6.33. The summed E-state index contributed by atoms with van der Waals surface area (Å²) >= 11 is 6.38. The molecule has 7 heteroatoms. The van der Waals surface area contributed by atoms with E-state index in [4.69, 9.17) is 11.6 Å². The first-order chi connectivity index (χ1) is 22.1. The normalized spacial score (nSPS) is 12.2. The number of carbonyl (C=O) groups excluding carboxylic acids is 1. The quantitative estimate of drug-likeness (QED) is 0.118. The summed E-state index contributed by atoms with van der Waals surface area (Å²) in [5, 5.41) is 3.62. The summed E-state index contributed by atoms with van der Waals surface area (Å²) in [4.78, 5) is 21.9. The molecule has 0 amide bonds. The minimum absolute atomic E-state index is 0.0661. The van der Waals surface area contributed by atoms with Gasteiger partial charge in [-0.3, -0.25) is 9.78 Å². The van der Waals surface area contributed by atoms with Gasteiger partial charge >= 0.3 is 0 Å². The molecule has 0 unspecified atom stereocenters. The molecular weight excluding hydrogens is 583 g/mol. The highest BCUT2D eigenvalue weighted by molar-refractivity contribution is 6.35. The maximum atomic E-state index is 16.1. The summed E-state index contributed by atoms with van der Waals surface area (Å²) in [5.74, 6) is -1.13. The number of aromatic nitrogens is 3. The Bertz CT molecular complexity index is 1780. The second kappa shape index (κ2) is 13.4. The lowest BCUT2D eigenvalue weighted by molar-refractivity contribution is 0.103. The average molecular weight is 615 g/mol. The van der Waals surface area contributed by atoms with E-state index in [0.717, 1.165) is 22.4 Å². The van der Waals surface area contributed by atoms with Gasteiger partial charge in [0.1, 0.15) is 11.4 Å². The van der Waals surface area contributed by atoms with E-state index in [1.165, 1.54) is 6.20 Å². The topological polar surface area (TPSA) is 59.8 Å². The van der Waals surface area contributed by atoms with Crippen LogP contribution in [0.2, 0.25) is 5.02 Å². The molecule has 2 aromatic heterocycles. The standard InChI is InChI=1S/C38H32ClFN4O/c1-2-34(32-20-21-33(39)35(36(32)40)37(45)27-13-12-22-41-23-27)43-25-31-24-42-26-44(31)38(28-14-6-3-7-15-28,29-16-8-4-9-17-29)30-18-10-5-11-19-30/h3-24,26,34,43H,2,25H2,1H3/t34-/m1/s1. The predicted molar refractivity (Wildman–Crippen MR) is 176 cm³/mol. The van der Waals surface area contributed by atoms with Gasteiger partial charge < -0.3 is 9.88 Å². The lowest BCUT2D eigenvalue weighted by Gasteiger charge is -2.38. The van der Waals surface area contributed by atoms with E-state index < -0.39 is 23.2 Å². The van der Waals surface area contributed by atoms with E-state index in [-0.39, 0.29) is 16.1 Å². The highest BCUT2D eigenvalue weighted by Crippen LogP contribution is 2.41. The number of nitrogens with one attached hydrogen (secondary N) is 1. The molecule has 0 aliphatic carbocycles. The number of benzene rings is 4. The van der Waals surface area contributed by atoms with Crippen LogP contribution in [0.25, 0.3) is 0 Å². The van der Waals surface area contributed by atoms with Crippen LogP contribution in [0.15, 0.2) is 140 Å². The highest BCUT2D eigenvalue weighted by Gasteiger charge is 2.39. The molecule has 0 radical (unpaired) electrons. The molecule has 0 saturated heterocycles. The molecule has 0 aliphatic heterocycles. The SMILES string of the molecule is CC[C@@H](NCc1cncn1C(c1ccccc1)(c1ccccc1)c1ccccc1)c1ccc(Cl)c(C(=O)c2cccnc2)c1F. The number of hydrogen-bond acceptors (Lipinski definition) is 4. The first kappa shape index (κ1) is 30.1. The molecule has 0 spiro atoms. The van der Waals surface area contributed by atoms with Crippen LogP contribution in [0.1, 0.15) is 63.3 Å². The number of pyridine rings is 1. The maximum Gasteiger partial charge on any atom is 0.199 e. The Morgan fingerprint density at radius 1 is 0.822 bits per heavy atom. The Balaban J connectivity index is 1.41. The third-order valence-corrected chi connectivity index (χ3v) is 8.55. The summed E-state index contributed by atoms with van der Waals surface area (Å²) in [5.41, 5.74) is 3.92. The van der Waals surface area contributed by atoms with Gasteiger partial charge in [0, 0.05) is 42.3 Å². The van der Waals surface area contributed by atoms with Gasteiger partial charge in [0.05, 0.1) is 22.6 Å². The van der Waals surface area contributed by atoms with Crippen molar-refractivity contribution in [3.63, 3.8) is 0 Å². The third kappa shape index (κ3) is 5.70. The molecule has 1 atom stereocenters. The molecule has 4 aromatic carbocycles. The number of hydrogen-bond donors (Lipinski definition) is 1. The number of carbonyl (C=O) groups is 1. The van der Waals surface area contributed by atoms with Crippen LogP contribution >= 0.6 is 11.6 Å². The molecule has 6 rings (SSSR count). The van der Waals surface area contributed by atoms with Crippen molar-refractivity contribution in [2.45, 2.75) is 31.5 Å². The van der Waals surface area contributed by atoms with E-state index >= 15 is 4.39 Å². The number of imidazole rings is 1. The lowest BCUT2D eigenvalue weighted by Crippen LogP contribution is -2.39. The summed E-state index contributed by atoms with van der Waals surface area (Å²) in [6, 6.07) is 37.2. The predicted octanol–water partition coefficient (Wildman–Crippen LogP) is 8.38. The van der Waals surface area contributed by atoms with E-state index in [0.29, 0.717) is 18.5 Å². The van der Waals surface area contributed by atoms with Crippen LogP contribution in [0, 0.1) is 5.82 Å². The van der Waals surface area contributed by atoms with Crippen molar-refractivity contribution < 1.29 is 9.18 Å². The van der Waals surface area contributed by atoms with Gasteiger partial charge in [-0.2, -0.15) is 0 Å². The van der Waals surface area contributed by atoms with Crippen LogP contribution in [0.5, 0.6) is 0 Å². The van der Waals surface area contributed by atoms with Crippen molar-refractivity contribution in [1.82, 2.24) is 19.9 Å². The Hall–Kier alpha value is -4.91. The number of rotatable bonds is 11. The van der Waals surface area contributed by atoms with Gasteiger partial charge in [-0.1, -0.05) is 116 Å². The van der Waals surface area contributed by atoms with Crippen molar-refractivity contribution >= 4 is 17.4 Å². The summed E-state index contributed by atoms with van der Waals surface area (Å²) in [6.07, 6.45) is 7.26. The van der Waals surface area contributed by atoms with E-state index in [2.05, 4.69) is 56.3 Å². The fourth-order valence-electron chi connectivity index (χ4n) is 6.10. The van der Waals surface area contributed by atoms with Gasteiger partial charge in [0.25, 0.3) is 0 Å². The Kier molecular flexibility index (Phi) is 8.96. The molecule has 1 N–H and O–H groups in total. The number of halogens is 2. The second-order valence-corrected chi connectivity index (χ2v) is 11.2. The van der Waals surface area contributed by atoms with Crippen molar-refractivity contribution in [3.8, 4) is 0 Å². The molecule has 45 heavy (non-hydrogen) atoms. The molecule has 0 bridgehead atoms. The molecule has 0 saturated carbocycles. The monoisotopic (exact) mass is 614 g/mol. The average Bonchev–Trinajstić information content (AvgIpc) is 3.57. The Morgan fingerprint density at radius 3 is 1.96 bits per heavy atom. The minimum Gasteiger partial charge on any atom is -0.315 e. The van der Waals surface area contributed by atoms with Crippen LogP contribution in [-0.4, -0.2) is 20.3 Å². The van der Waals surface area contributed by atoms with Crippen molar-refractivity contribution in [1.29, 1.82) is 0 Å². The van der Waals surface area contributed by atoms with Crippen LogP contribution in [0.4, 0.5) is 4.39 Å². The van der Waals surface area contributed by atoms with Gasteiger partial charge in [-0.25, -0.2) is 9.37 Å². The van der Waals surface area contributed by atoms with E-state index in [1.807, 2.05) is 74.0 Å². The minimum atomic E-state index is -0.728. The first-order valence-electron chi connectivity index (χ1n) is 14.9. The highest BCUT2D eigenvalue weighted by atomic mass is 35.5. The second-order valence-electron chi connectivity index (χ2n) is 10.8. The lowest BCUT2D eigenvalue weighted by atomic mass is 9.76. The zero-order valence-electron chi connectivity index (χ0n) is 24.8. The number of nitrogens with zero attached hydrogens (tertiary/aromatic N) is 3. The smallest absolute Gasteiger partial charge is 0.199 e. The molecule has 0 fully saturated rings. The molecule has 6 aromatic rings.